The van der Waals surface area contributed by atoms with Crippen LogP contribution in [0.2, 0.25) is 0 Å². The van der Waals surface area contributed by atoms with Crippen LogP contribution in [0.4, 0.5) is 4.69 Å². The van der Waals surface area contributed by atoms with Crippen LogP contribution in [0.5, 0.6) is 0 Å². The van der Waals surface area contributed by atoms with Crippen LogP contribution >= 0.6 is 11.8 Å². The molecule has 0 aromatic carbocycles. The molecule has 10 nitrogen and oxygen atoms in total. The average Bonchev–Trinajstić information content (AvgIpc) is 2.98. The van der Waals surface area contributed by atoms with E-state index in [-0.39, 0.29) is 61.2 Å². The molecule has 13 heteroatoms. The molecule has 5 N–H and O–H groups in total. The first-order valence-corrected chi connectivity index (χ1v) is 9.86. The summed E-state index contributed by atoms with van der Waals surface area (Å²) in [5.41, 5.74) is 5.92. The Kier molecular flexibility index (Phi) is 6.59. The number of hydrogen-bond donors (Lipinski definition) is 4. The molecule has 0 saturated carbocycles. The number of oxime groups is 1. The Morgan fingerprint density at radius 1 is 1.54 bits per heavy atom. The largest absolute Gasteiger partial charge is 0 e. The molecule has 2 atom stereocenters. The van der Waals surface area contributed by atoms with Gasteiger partial charge >= 0.3 is 151 Å². The summed E-state index contributed by atoms with van der Waals surface area (Å²) >= 11 is 1.14. The van der Waals surface area contributed by atoms with E-state index in [2.05, 4.69) is 15.5 Å². The van der Waals surface area contributed by atoms with Gasteiger partial charge in [-0.15, -0.1) is 0 Å². The Bertz CT molecular complexity index is 841. The van der Waals surface area contributed by atoms with Crippen LogP contribution in [0, 0.1) is 0 Å². The maximum absolute atomic E-state index is 12.3. The molecule has 2 amide bonds. The molecular formula is C13H13N5NaO5SSe. The van der Waals surface area contributed by atoms with E-state index in [1.165, 1.54) is 16.7 Å². The van der Waals surface area contributed by atoms with Crippen LogP contribution in [-0.4, -0.2) is 105 Å². The third kappa shape index (κ3) is 3.57. The van der Waals surface area contributed by atoms with Crippen molar-refractivity contribution in [2.45, 2.75) is 18.3 Å². The molecular weight excluding hydrogens is 440 g/mol. The fourth-order valence-corrected chi connectivity index (χ4v) is 5.04. The molecule has 26 heavy (non-hydrogen) atoms. The van der Waals surface area contributed by atoms with E-state index < -0.39 is 29.2 Å². The van der Waals surface area contributed by atoms with Crippen molar-refractivity contribution in [3.63, 3.8) is 0 Å². The van der Waals surface area contributed by atoms with Gasteiger partial charge in [-0.05, 0) is 0 Å². The Hall–Kier alpha value is -1.30. The van der Waals surface area contributed by atoms with Crippen LogP contribution < -0.4 is 11.1 Å². The minimum Gasteiger partial charge on any atom is 0 e. The van der Waals surface area contributed by atoms with Gasteiger partial charge in [-0.2, -0.15) is 0 Å². The predicted octanol–water partition coefficient (Wildman–Crippen LogP) is -1.72. The molecule has 2 aliphatic rings. The van der Waals surface area contributed by atoms with Crippen molar-refractivity contribution >= 4 is 84.0 Å². The van der Waals surface area contributed by atoms with Gasteiger partial charge in [-0.25, -0.2) is 0 Å². The number of aliphatic carboxylic acids is 1. The van der Waals surface area contributed by atoms with Crippen molar-refractivity contribution < 1.29 is 24.7 Å². The zero-order valence-electron chi connectivity index (χ0n) is 13.8. The number of nitrogen functional groups attached to an aromatic ring is 1. The third-order valence-electron chi connectivity index (χ3n) is 3.73. The number of nitrogens with zero attached hydrogens (tertiary/aromatic N) is 3. The molecule has 2 aliphatic heterocycles. The number of carboxylic acids is 1. The van der Waals surface area contributed by atoms with Crippen molar-refractivity contribution in [2.24, 2.45) is 5.16 Å². The van der Waals surface area contributed by atoms with Gasteiger partial charge in [0.05, 0.1) is 0 Å². The average molecular weight is 453 g/mol. The van der Waals surface area contributed by atoms with E-state index in [1.807, 2.05) is 0 Å². The Labute approximate surface area is 179 Å². The number of amides is 2. The number of rotatable bonds is 4. The van der Waals surface area contributed by atoms with Gasteiger partial charge in [-0.3, -0.25) is 0 Å². The Morgan fingerprint density at radius 2 is 2.23 bits per heavy atom. The SMILES string of the molecule is CC1=C(C(=O)O)N2C(=O)[C@@H](NC(=O)C(=NO)c3c[se]c(N)n3)[C@H]2SC1.[Na]. The Morgan fingerprint density at radius 3 is 2.77 bits per heavy atom. The van der Waals surface area contributed by atoms with Gasteiger partial charge < -0.3 is 0 Å². The Balaban J connectivity index is 0.00000243. The summed E-state index contributed by atoms with van der Waals surface area (Å²) in [6.07, 6.45) is 0. The van der Waals surface area contributed by atoms with Crippen molar-refractivity contribution in [1.82, 2.24) is 15.2 Å². The number of carbonyl (C=O) groups is 3. The second-order valence-electron chi connectivity index (χ2n) is 5.31. The summed E-state index contributed by atoms with van der Waals surface area (Å²) in [7, 11) is 0. The molecule has 0 aliphatic carbocycles. The predicted molar refractivity (Wildman–Crippen MR) is 95.0 cm³/mol. The molecule has 1 aromatic heterocycles. The first-order valence-electron chi connectivity index (χ1n) is 6.97. The fraction of sp³-hybridized carbons (Fsp3) is 0.308. The van der Waals surface area contributed by atoms with Gasteiger partial charge in [0, 0.05) is 29.6 Å². The second-order valence-corrected chi connectivity index (χ2v) is 8.29. The molecule has 133 valence electrons. The first-order chi connectivity index (χ1) is 11.8. The van der Waals surface area contributed by atoms with Gasteiger partial charge in [0.25, 0.3) is 0 Å². The van der Waals surface area contributed by atoms with Crippen molar-refractivity contribution in [1.29, 1.82) is 0 Å². The quantitative estimate of drug-likeness (QED) is 0.138. The normalized spacial score (nSPS) is 22.3. The van der Waals surface area contributed by atoms with Crippen LogP contribution in [0.15, 0.2) is 21.4 Å². The van der Waals surface area contributed by atoms with Crippen LogP contribution in [-0.2, 0) is 14.4 Å². The monoisotopic (exact) mass is 454 g/mol. The molecule has 3 rings (SSSR count). The van der Waals surface area contributed by atoms with Gasteiger partial charge in [0.15, 0.2) is 0 Å². The molecule has 0 bridgehead atoms. The van der Waals surface area contributed by atoms with Gasteiger partial charge in [-0.1, -0.05) is 0 Å². The number of thioether (sulfide) groups is 1. The maximum atomic E-state index is 12.3. The topological polar surface area (TPSA) is 158 Å². The summed E-state index contributed by atoms with van der Waals surface area (Å²) in [5.74, 6) is -2.03. The molecule has 0 spiro atoms. The summed E-state index contributed by atoms with van der Waals surface area (Å²) in [6.45, 7) is 1.65. The van der Waals surface area contributed by atoms with Crippen molar-refractivity contribution in [3.8, 4) is 0 Å². The van der Waals surface area contributed by atoms with E-state index in [1.54, 1.807) is 11.9 Å². The zero-order chi connectivity index (χ0) is 18.3. The summed E-state index contributed by atoms with van der Waals surface area (Å²) in [4.78, 5) is 42.7. The van der Waals surface area contributed by atoms with Crippen molar-refractivity contribution in [2.75, 3.05) is 11.5 Å². The minimum atomic E-state index is -1.18. The van der Waals surface area contributed by atoms with E-state index in [0.29, 0.717) is 16.0 Å². The number of fused-ring (bicyclic) bond motifs is 1. The maximum Gasteiger partial charge on any atom is 0 e. The van der Waals surface area contributed by atoms with Crippen LogP contribution in [0.1, 0.15) is 12.6 Å². The second kappa shape index (κ2) is 8.15. The zero-order valence-corrected chi connectivity index (χ0v) is 18.3. The number of β-lactam (4-membered cyclic amide) rings is 1. The first kappa shape index (κ1) is 21.0. The van der Waals surface area contributed by atoms with Crippen LogP contribution in [0.25, 0.3) is 0 Å². The van der Waals surface area contributed by atoms with Gasteiger partial charge in [0.1, 0.15) is 0 Å². The number of aromatic nitrogens is 1. The molecule has 1 radical (unpaired) electrons. The third-order valence-corrected chi connectivity index (χ3v) is 6.57. The number of hydrogen-bond acceptors (Lipinski definition) is 8. The minimum absolute atomic E-state index is 0. The van der Waals surface area contributed by atoms with Crippen molar-refractivity contribution in [3.05, 3.63) is 21.9 Å². The molecule has 0 unspecified atom stereocenters. The molecule has 1 aromatic rings. The number of nitrogens with two attached hydrogens (primary N) is 1. The summed E-state index contributed by atoms with van der Waals surface area (Å²) < 4.78 is 0.344. The standard InChI is InChI=1S/C13H13N5O5SSe.Na/c1-4-2-24-11-7(10(20)18(11)8(4)12(21)22)16-9(19)6(17-23)5-3-25-13(14)15-5;/h3,7,11,23H,2H2,1H3,(H2,14,15)(H,16,19)(H,21,22);/t7-,11-;/m1./s1. The summed E-state index contributed by atoms with van der Waals surface area (Å²) in [6, 6.07) is -0.898. The van der Waals surface area contributed by atoms with Crippen LogP contribution in [0.3, 0.4) is 0 Å². The van der Waals surface area contributed by atoms with E-state index in [9.17, 15) is 19.5 Å². The van der Waals surface area contributed by atoms with E-state index in [0.717, 1.165) is 0 Å². The van der Waals surface area contributed by atoms with E-state index in [4.69, 9.17) is 10.9 Å². The van der Waals surface area contributed by atoms with E-state index >= 15 is 0 Å². The summed E-state index contributed by atoms with van der Waals surface area (Å²) in [5, 5.41) is 23.3. The fourth-order valence-electron chi connectivity index (χ4n) is 2.59. The van der Waals surface area contributed by atoms with Gasteiger partial charge in [0.2, 0.25) is 0 Å². The molecule has 1 fully saturated rings. The number of carbonyl (C=O) groups excluding carboxylic acids is 2. The number of anilines is 1. The smallest absolute Gasteiger partial charge is 0 e. The molecule has 1 saturated heterocycles. The molecule has 3 heterocycles. The number of nitrogens with one attached hydrogen (secondary N) is 1. The number of carboxylic acid groups (broad SMARTS) is 1.